The summed E-state index contributed by atoms with van der Waals surface area (Å²) in [6.07, 6.45) is 4.24. The number of aryl methyl sites for hydroxylation is 1. The van der Waals surface area contributed by atoms with Crippen LogP contribution >= 0.6 is 0 Å². The minimum absolute atomic E-state index is 0.0607. The number of para-hydroxylation sites is 1. The van der Waals surface area contributed by atoms with Crippen molar-refractivity contribution in [2.75, 3.05) is 6.61 Å². The summed E-state index contributed by atoms with van der Waals surface area (Å²) < 4.78 is 5.92. The lowest BCUT2D eigenvalue weighted by Gasteiger charge is -2.15. The first-order valence-electron chi connectivity index (χ1n) is 7.82. The van der Waals surface area contributed by atoms with Crippen molar-refractivity contribution < 1.29 is 4.74 Å². The first-order valence-corrected chi connectivity index (χ1v) is 7.82. The third kappa shape index (κ3) is 4.91. The Labute approximate surface area is 127 Å². The first-order chi connectivity index (χ1) is 10.3. The molecule has 112 valence electrons. The predicted octanol–water partition coefficient (Wildman–Crippen LogP) is 4.50. The zero-order chi connectivity index (χ0) is 14.9. The predicted molar refractivity (Wildman–Crippen MR) is 88.5 cm³/mol. The van der Waals surface area contributed by atoms with Crippen molar-refractivity contribution in [1.82, 2.24) is 0 Å². The van der Waals surface area contributed by atoms with E-state index < -0.39 is 0 Å². The number of hydrogen-bond donors (Lipinski definition) is 1. The zero-order valence-electron chi connectivity index (χ0n) is 12.8. The fraction of sp³-hybridized carbons (Fsp3) is 0.368. The molecule has 0 spiro atoms. The second kappa shape index (κ2) is 8.48. The lowest BCUT2D eigenvalue weighted by Crippen LogP contribution is -2.11. The van der Waals surface area contributed by atoms with Crippen LogP contribution in [-0.4, -0.2) is 6.61 Å². The summed E-state index contributed by atoms with van der Waals surface area (Å²) in [5, 5.41) is 0. The van der Waals surface area contributed by atoms with Crippen LogP contribution in [0.4, 0.5) is 0 Å². The number of benzene rings is 2. The molecule has 2 aromatic carbocycles. The largest absolute Gasteiger partial charge is 0.493 e. The molecule has 2 heteroatoms. The number of ether oxygens (including phenoxy) is 1. The highest BCUT2D eigenvalue weighted by Gasteiger charge is 2.09. The first kappa shape index (κ1) is 15.6. The normalized spacial score (nSPS) is 12.1. The zero-order valence-corrected chi connectivity index (χ0v) is 12.8. The van der Waals surface area contributed by atoms with E-state index in [4.69, 9.17) is 10.5 Å². The van der Waals surface area contributed by atoms with Crippen LogP contribution in [0.15, 0.2) is 54.6 Å². The fourth-order valence-corrected chi connectivity index (χ4v) is 2.40. The molecule has 1 atom stereocenters. The van der Waals surface area contributed by atoms with Crippen LogP contribution in [0.2, 0.25) is 0 Å². The van der Waals surface area contributed by atoms with E-state index in [2.05, 4.69) is 43.3 Å². The maximum atomic E-state index is 6.12. The summed E-state index contributed by atoms with van der Waals surface area (Å²) in [6.45, 7) is 2.85. The molecule has 21 heavy (non-hydrogen) atoms. The maximum Gasteiger partial charge on any atom is 0.124 e. The molecule has 0 heterocycles. The molecule has 2 aromatic rings. The molecule has 2 N–H and O–H groups in total. The number of nitrogens with two attached hydrogens (primary N) is 1. The number of unbranched alkanes of at least 4 members (excludes halogenated alkanes) is 1. The highest BCUT2D eigenvalue weighted by molar-refractivity contribution is 5.35. The van der Waals surface area contributed by atoms with Crippen molar-refractivity contribution in [3.05, 3.63) is 65.7 Å². The molecule has 0 aromatic heterocycles. The van der Waals surface area contributed by atoms with Crippen LogP contribution in [0.25, 0.3) is 0 Å². The van der Waals surface area contributed by atoms with Gasteiger partial charge in [0.25, 0.3) is 0 Å². The van der Waals surface area contributed by atoms with Gasteiger partial charge < -0.3 is 10.5 Å². The second-order valence-electron chi connectivity index (χ2n) is 5.34. The molecule has 0 aliphatic rings. The quantitative estimate of drug-likeness (QED) is 0.724. The maximum absolute atomic E-state index is 6.12. The molecule has 0 radical (unpaired) electrons. The Kier molecular flexibility index (Phi) is 6.29. The SMILES string of the molecule is CCC(N)c1ccccc1OCCCCc1ccccc1. The van der Waals surface area contributed by atoms with E-state index >= 15 is 0 Å². The van der Waals surface area contributed by atoms with Gasteiger partial charge in [-0.25, -0.2) is 0 Å². The van der Waals surface area contributed by atoms with Gasteiger partial charge in [-0.2, -0.15) is 0 Å². The average Bonchev–Trinajstić information content (AvgIpc) is 2.55. The Morgan fingerprint density at radius 3 is 2.43 bits per heavy atom. The monoisotopic (exact) mass is 283 g/mol. The molecule has 0 saturated heterocycles. The van der Waals surface area contributed by atoms with Gasteiger partial charge in [-0.3, -0.25) is 0 Å². The average molecular weight is 283 g/mol. The van der Waals surface area contributed by atoms with E-state index in [1.54, 1.807) is 0 Å². The van der Waals surface area contributed by atoms with Gasteiger partial charge in [0.2, 0.25) is 0 Å². The van der Waals surface area contributed by atoms with Crippen LogP contribution in [-0.2, 0) is 6.42 Å². The van der Waals surface area contributed by atoms with Gasteiger partial charge in [0, 0.05) is 11.6 Å². The Bertz CT molecular complexity index is 524. The summed E-state index contributed by atoms with van der Waals surface area (Å²) in [7, 11) is 0. The van der Waals surface area contributed by atoms with E-state index in [0.717, 1.165) is 43.6 Å². The van der Waals surface area contributed by atoms with E-state index in [-0.39, 0.29) is 6.04 Å². The Morgan fingerprint density at radius 2 is 1.67 bits per heavy atom. The fourth-order valence-electron chi connectivity index (χ4n) is 2.40. The van der Waals surface area contributed by atoms with Gasteiger partial charge in [0.15, 0.2) is 0 Å². The summed E-state index contributed by atoms with van der Waals surface area (Å²) in [5.74, 6) is 0.937. The third-order valence-corrected chi connectivity index (χ3v) is 3.72. The Balaban J connectivity index is 1.76. The van der Waals surface area contributed by atoms with Crippen molar-refractivity contribution in [1.29, 1.82) is 0 Å². The molecule has 2 rings (SSSR count). The molecule has 0 saturated carbocycles. The summed E-state index contributed by atoms with van der Waals surface area (Å²) >= 11 is 0. The van der Waals surface area contributed by atoms with Crippen LogP contribution in [0.5, 0.6) is 5.75 Å². The van der Waals surface area contributed by atoms with E-state index in [0.29, 0.717) is 0 Å². The smallest absolute Gasteiger partial charge is 0.124 e. The minimum Gasteiger partial charge on any atom is -0.493 e. The molecular formula is C19H25NO. The van der Waals surface area contributed by atoms with Gasteiger partial charge in [-0.1, -0.05) is 55.5 Å². The summed E-state index contributed by atoms with van der Waals surface area (Å²) in [5.41, 5.74) is 8.63. The van der Waals surface area contributed by atoms with Gasteiger partial charge in [-0.05, 0) is 37.3 Å². The van der Waals surface area contributed by atoms with Crippen molar-refractivity contribution in [3.8, 4) is 5.75 Å². The van der Waals surface area contributed by atoms with Crippen LogP contribution in [0, 0.1) is 0 Å². The summed E-state index contributed by atoms with van der Waals surface area (Å²) in [6, 6.07) is 18.8. The number of rotatable bonds is 8. The van der Waals surface area contributed by atoms with E-state index in [1.165, 1.54) is 5.56 Å². The Hall–Kier alpha value is -1.80. The summed E-state index contributed by atoms with van der Waals surface area (Å²) in [4.78, 5) is 0. The van der Waals surface area contributed by atoms with Crippen molar-refractivity contribution in [2.45, 2.75) is 38.6 Å². The van der Waals surface area contributed by atoms with Gasteiger partial charge in [-0.15, -0.1) is 0 Å². The standard InChI is InChI=1S/C19H25NO/c1-2-18(20)17-13-6-7-14-19(17)21-15-9-8-12-16-10-4-3-5-11-16/h3-7,10-11,13-14,18H,2,8-9,12,15,20H2,1H3. The highest BCUT2D eigenvalue weighted by Crippen LogP contribution is 2.25. The van der Waals surface area contributed by atoms with Crippen molar-refractivity contribution in [2.24, 2.45) is 5.73 Å². The lowest BCUT2D eigenvalue weighted by molar-refractivity contribution is 0.302. The van der Waals surface area contributed by atoms with Crippen LogP contribution < -0.4 is 10.5 Å². The highest BCUT2D eigenvalue weighted by atomic mass is 16.5. The molecule has 0 fully saturated rings. The third-order valence-electron chi connectivity index (χ3n) is 3.72. The molecule has 2 nitrogen and oxygen atoms in total. The van der Waals surface area contributed by atoms with Crippen molar-refractivity contribution >= 4 is 0 Å². The van der Waals surface area contributed by atoms with Gasteiger partial charge in [0.05, 0.1) is 6.61 Å². The molecule has 0 aliphatic heterocycles. The van der Waals surface area contributed by atoms with Gasteiger partial charge >= 0.3 is 0 Å². The second-order valence-corrected chi connectivity index (χ2v) is 5.34. The Morgan fingerprint density at radius 1 is 0.952 bits per heavy atom. The molecule has 1 unspecified atom stereocenters. The molecule has 0 amide bonds. The molecular weight excluding hydrogens is 258 g/mol. The minimum atomic E-state index is 0.0607. The topological polar surface area (TPSA) is 35.2 Å². The van der Waals surface area contributed by atoms with Gasteiger partial charge in [0.1, 0.15) is 5.75 Å². The number of hydrogen-bond acceptors (Lipinski definition) is 2. The van der Waals surface area contributed by atoms with E-state index in [1.807, 2.05) is 18.2 Å². The van der Waals surface area contributed by atoms with E-state index in [9.17, 15) is 0 Å². The molecule has 0 aliphatic carbocycles. The van der Waals surface area contributed by atoms with Crippen molar-refractivity contribution in [3.63, 3.8) is 0 Å². The van der Waals surface area contributed by atoms with Crippen LogP contribution in [0.1, 0.15) is 43.4 Å². The lowest BCUT2D eigenvalue weighted by atomic mass is 10.0. The molecule has 0 bridgehead atoms. The van der Waals surface area contributed by atoms with Crippen LogP contribution in [0.3, 0.4) is 0 Å².